The summed E-state index contributed by atoms with van der Waals surface area (Å²) in [4.78, 5) is 18.1. The van der Waals surface area contributed by atoms with Crippen molar-refractivity contribution >= 4 is 22.3 Å². The highest BCUT2D eigenvalue weighted by atomic mass is 32.2. The molecule has 24 heavy (non-hydrogen) atoms. The number of nitrogens with zero attached hydrogens (tertiary/aromatic N) is 1. The van der Waals surface area contributed by atoms with Crippen LogP contribution in [0.25, 0.3) is 22.2 Å². The third kappa shape index (κ3) is 3.25. The Morgan fingerprint density at radius 1 is 1.29 bits per heavy atom. The molecule has 0 radical (unpaired) electrons. The number of rotatable bonds is 4. The molecule has 0 spiro atoms. The minimum Gasteiger partial charge on any atom is -0.307 e. The molecule has 3 rings (SSSR count). The largest absolute Gasteiger partial charge is 0.307 e. The minimum absolute atomic E-state index is 0.259. The van der Waals surface area contributed by atoms with Crippen molar-refractivity contribution in [2.24, 2.45) is 0 Å². The van der Waals surface area contributed by atoms with Crippen molar-refractivity contribution in [1.82, 2.24) is 14.7 Å². The molecule has 6 nitrogen and oxygen atoms in total. The van der Waals surface area contributed by atoms with Crippen LogP contribution >= 0.6 is 0 Å². The van der Waals surface area contributed by atoms with Crippen LogP contribution in [0.4, 0.5) is 4.39 Å². The molecule has 2 atom stereocenters. The number of hydrogen-bond acceptors (Lipinski definition) is 3. The number of pyridine rings is 2. The standard InChI is InChI=1S/C16H14FN3O3S/c1-9(20-24(22)23)11-3-2-10(8-14(11)17)12-6-7-18-16-13(12)4-5-15(21)19-16/h2-9,20H,1H3,(H,22,23)(H,18,19,21)/t9-/m1/s1. The number of halogens is 1. The first kappa shape index (κ1) is 16.4. The zero-order valence-corrected chi connectivity index (χ0v) is 13.4. The fourth-order valence-electron chi connectivity index (χ4n) is 2.57. The van der Waals surface area contributed by atoms with Gasteiger partial charge in [-0.25, -0.2) is 18.3 Å². The van der Waals surface area contributed by atoms with Gasteiger partial charge in [0.05, 0.1) is 0 Å². The molecule has 1 unspecified atom stereocenters. The fraction of sp³-hybridized carbons (Fsp3) is 0.125. The Morgan fingerprint density at radius 3 is 2.79 bits per heavy atom. The lowest BCUT2D eigenvalue weighted by Gasteiger charge is -2.13. The Labute approximate surface area is 139 Å². The predicted molar refractivity (Wildman–Crippen MR) is 90.1 cm³/mol. The SMILES string of the molecule is C[C@@H](NS(=O)O)c1ccc(-c2ccnc3[nH]c(=O)ccc23)cc1F. The van der Waals surface area contributed by atoms with Crippen LogP contribution in [0.15, 0.2) is 47.4 Å². The quantitative estimate of drug-likeness (QED) is 0.632. The molecular formula is C16H14FN3O3S. The number of benzene rings is 1. The van der Waals surface area contributed by atoms with Crippen LogP contribution in [0.1, 0.15) is 18.5 Å². The lowest BCUT2D eigenvalue weighted by molar-refractivity contribution is 0.526. The van der Waals surface area contributed by atoms with E-state index >= 15 is 0 Å². The molecular weight excluding hydrogens is 333 g/mol. The molecule has 1 aromatic carbocycles. The van der Waals surface area contributed by atoms with Crippen LogP contribution in [0.2, 0.25) is 0 Å². The van der Waals surface area contributed by atoms with Crippen molar-refractivity contribution < 1.29 is 13.2 Å². The summed E-state index contributed by atoms with van der Waals surface area (Å²) < 4.78 is 36.4. The molecule has 3 N–H and O–H groups in total. The second kappa shape index (κ2) is 6.60. The third-order valence-electron chi connectivity index (χ3n) is 3.69. The summed E-state index contributed by atoms with van der Waals surface area (Å²) in [7, 11) is 0. The van der Waals surface area contributed by atoms with Gasteiger partial charge in [0.2, 0.25) is 16.8 Å². The van der Waals surface area contributed by atoms with Gasteiger partial charge in [0, 0.05) is 29.3 Å². The maximum atomic E-state index is 14.4. The van der Waals surface area contributed by atoms with Gasteiger partial charge in [0.1, 0.15) is 11.5 Å². The first-order chi connectivity index (χ1) is 11.5. The highest BCUT2D eigenvalue weighted by Crippen LogP contribution is 2.29. The number of aromatic nitrogens is 2. The van der Waals surface area contributed by atoms with Gasteiger partial charge in [-0.05, 0) is 36.2 Å². The highest BCUT2D eigenvalue weighted by molar-refractivity contribution is 7.77. The number of nitrogens with one attached hydrogen (secondary N) is 2. The number of fused-ring (bicyclic) bond motifs is 1. The van der Waals surface area contributed by atoms with Gasteiger partial charge in [-0.2, -0.15) is 0 Å². The molecule has 2 aromatic heterocycles. The molecule has 0 saturated carbocycles. The molecule has 124 valence electrons. The van der Waals surface area contributed by atoms with Crippen molar-refractivity contribution in [1.29, 1.82) is 0 Å². The zero-order chi connectivity index (χ0) is 17.3. The molecule has 0 fully saturated rings. The smallest absolute Gasteiger partial charge is 0.249 e. The molecule has 0 aliphatic heterocycles. The van der Waals surface area contributed by atoms with Gasteiger partial charge >= 0.3 is 0 Å². The second-order valence-electron chi connectivity index (χ2n) is 5.27. The monoisotopic (exact) mass is 347 g/mol. The van der Waals surface area contributed by atoms with Crippen LogP contribution in [0.5, 0.6) is 0 Å². The average molecular weight is 347 g/mol. The number of hydrogen-bond donors (Lipinski definition) is 3. The zero-order valence-electron chi connectivity index (χ0n) is 12.6. The Hall–Kier alpha value is -2.42. The van der Waals surface area contributed by atoms with Crippen LogP contribution < -0.4 is 10.3 Å². The van der Waals surface area contributed by atoms with Gasteiger partial charge in [-0.3, -0.25) is 9.35 Å². The minimum atomic E-state index is -2.23. The van der Waals surface area contributed by atoms with Crippen LogP contribution in [-0.4, -0.2) is 18.7 Å². The van der Waals surface area contributed by atoms with E-state index in [0.29, 0.717) is 16.6 Å². The predicted octanol–water partition coefficient (Wildman–Crippen LogP) is 2.52. The second-order valence-corrected chi connectivity index (χ2v) is 6.00. The Balaban J connectivity index is 2.07. The van der Waals surface area contributed by atoms with Crippen LogP contribution in [-0.2, 0) is 11.3 Å². The molecule has 8 heteroatoms. The van der Waals surface area contributed by atoms with Gasteiger partial charge in [-0.1, -0.05) is 12.1 Å². The van der Waals surface area contributed by atoms with E-state index in [9.17, 15) is 13.4 Å². The van der Waals surface area contributed by atoms with Gasteiger partial charge < -0.3 is 4.98 Å². The Morgan fingerprint density at radius 2 is 2.08 bits per heavy atom. The summed E-state index contributed by atoms with van der Waals surface area (Å²) in [5.74, 6) is -0.493. The van der Waals surface area contributed by atoms with E-state index in [1.165, 1.54) is 12.1 Å². The maximum Gasteiger partial charge on any atom is 0.249 e. The van der Waals surface area contributed by atoms with Crippen molar-refractivity contribution in [3.05, 3.63) is 64.3 Å². The molecule has 0 bridgehead atoms. The van der Waals surface area contributed by atoms with E-state index in [1.54, 1.807) is 37.4 Å². The van der Waals surface area contributed by atoms with Crippen LogP contribution in [0, 0.1) is 5.82 Å². The lowest BCUT2D eigenvalue weighted by atomic mass is 9.99. The highest BCUT2D eigenvalue weighted by Gasteiger charge is 2.14. The lowest BCUT2D eigenvalue weighted by Crippen LogP contribution is -2.21. The van der Waals surface area contributed by atoms with Crippen molar-refractivity contribution in [3.8, 4) is 11.1 Å². The van der Waals surface area contributed by atoms with Crippen molar-refractivity contribution in [2.45, 2.75) is 13.0 Å². The summed E-state index contributed by atoms with van der Waals surface area (Å²) in [6.07, 6.45) is 1.54. The normalized spacial score (nSPS) is 13.8. The first-order valence-corrected chi connectivity index (χ1v) is 8.21. The third-order valence-corrected chi connectivity index (χ3v) is 4.24. The van der Waals surface area contributed by atoms with Gasteiger partial charge in [-0.15, -0.1) is 0 Å². The summed E-state index contributed by atoms with van der Waals surface area (Å²) in [6, 6.07) is 8.79. The van der Waals surface area contributed by atoms with Gasteiger partial charge in [0.15, 0.2) is 0 Å². The Bertz CT molecular complexity index is 990. The van der Waals surface area contributed by atoms with E-state index in [2.05, 4.69) is 14.7 Å². The molecule has 0 saturated heterocycles. The summed E-state index contributed by atoms with van der Waals surface area (Å²) in [5.41, 5.74) is 1.80. The van der Waals surface area contributed by atoms with Crippen molar-refractivity contribution in [2.75, 3.05) is 0 Å². The summed E-state index contributed by atoms with van der Waals surface area (Å²) >= 11 is -2.23. The van der Waals surface area contributed by atoms with Gasteiger partial charge in [0.25, 0.3) is 0 Å². The number of H-pyrrole nitrogens is 1. The summed E-state index contributed by atoms with van der Waals surface area (Å²) in [5, 5.41) is 0.701. The van der Waals surface area contributed by atoms with E-state index in [0.717, 1.165) is 5.56 Å². The number of aromatic amines is 1. The summed E-state index contributed by atoms with van der Waals surface area (Å²) in [6.45, 7) is 1.60. The topological polar surface area (TPSA) is 95.1 Å². The van der Waals surface area contributed by atoms with E-state index in [1.807, 2.05) is 0 Å². The van der Waals surface area contributed by atoms with E-state index < -0.39 is 23.1 Å². The van der Waals surface area contributed by atoms with Crippen LogP contribution in [0.3, 0.4) is 0 Å². The molecule has 0 aliphatic rings. The molecule has 3 aromatic rings. The average Bonchev–Trinajstić information content (AvgIpc) is 2.53. The Kier molecular flexibility index (Phi) is 4.52. The maximum absolute atomic E-state index is 14.4. The fourth-order valence-corrected chi connectivity index (χ4v) is 3.00. The molecule has 2 heterocycles. The van der Waals surface area contributed by atoms with E-state index in [-0.39, 0.29) is 11.1 Å². The van der Waals surface area contributed by atoms with Crippen molar-refractivity contribution in [3.63, 3.8) is 0 Å². The first-order valence-electron chi connectivity index (χ1n) is 7.10. The molecule has 0 aliphatic carbocycles. The van der Waals surface area contributed by atoms with E-state index in [4.69, 9.17) is 4.55 Å². The molecule has 0 amide bonds.